The molecule has 0 saturated heterocycles. The highest BCUT2D eigenvalue weighted by Crippen LogP contribution is 2.04. The number of carbonyl (C=O) groups is 2. The summed E-state index contributed by atoms with van der Waals surface area (Å²) in [7, 11) is 0. The maximum Gasteiger partial charge on any atom is 0.408 e. The van der Waals surface area contributed by atoms with Gasteiger partial charge in [-0.1, -0.05) is 60.7 Å². The lowest BCUT2D eigenvalue weighted by molar-refractivity contribution is -0.133. The first-order chi connectivity index (χ1) is 11.6. The van der Waals surface area contributed by atoms with Crippen LogP contribution in [0, 0.1) is 0 Å². The number of nitrogens with one attached hydrogen (secondary N) is 1. The molecule has 0 aliphatic heterocycles. The average Bonchev–Trinajstić information content (AvgIpc) is 2.61. The lowest BCUT2D eigenvalue weighted by atomic mass is 10.2. The van der Waals surface area contributed by atoms with Gasteiger partial charge in [-0.2, -0.15) is 0 Å². The molecule has 2 rings (SSSR count). The van der Waals surface area contributed by atoms with Crippen LogP contribution >= 0.6 is 0 Å². The van der Waals surface area contributed by atoms with Crippen molar-refractivity contribution in [2.75, 3.05) is 0 Å². The molecular formula is C18H21N3O3. The molecule has 1 atom stereocenters. The number of benzene rings is 2. The van der Waals surface area contributed by atoms with E-state index in [-0.39, 0.29) is 13.2 Å². The molecule has 2 aromatic rings. The van der Waals surface area contributed by atoms with E-state index in [1.54, 1.807) is 6.92 Å². The molecule has 0 saturated carbocycles. The molecule has 0 spiro atoms. The molecule has 3 N–H and O–H groups in total. The molecule has 0 aromatic heterocycles. The second kappa shape index (κ2) is 8.69. The number of carbonyl (C=O) groups excluding carboxylic acids is 2. The predicted octanol–water partition coefficient (Wildman–Crippen LogP) is 2.20. The van der Waals surface area contributed by atoms with Crippen molar-refractivity contribution in [2.24, 2.45) is 5.84 Å². The van der Waals surface area contributed by atoms with Crippen LogP contribution in [0.4, 0.5) is 4.79 Å². The van der Waals surface area contributed by atoms with E-state index in [0.717, 1.165) is 16.1 Å². The van der Waals surface area contributed by atoms with Crippen molar-refractivity contribution in [1.29, 1.82) is 0 Å². The third-order valence-corrected chi connectivity index (χ3v) is 3.40. The van der Waals surface area contributed by atoms with Crippen molar-refractivity contribution in [2.45, 2.75) is 26.1 Å². The van der Waals surface area contributed by atoms with Crippen LogP contribution < -0.4 is 11.2 Å². The van der Waals surface area contributed by atoms with Crippen molar-refractivity contribution in [3.05, 3.63) is 71.8 Å². The first-order valence-corrected chi connectivity index (χ1v) is 7.63. The highest BCUT2D eigenvalue weighted by molar-refractivity contribution is 5.84. The normalized spacial score (nSPS) is 11.4. The third kappa shape index (κ3) is 5.40. The van der Waals surface area contributed by atoms with Gasteiger partial charge in [-0.3, -0.25) is 9.80 Å². The molecule has 6 heteroatoms. The summed E-state index contributed by atoms with van der Waals surface area (Å²) in [5, 5.41) is 3.57. The monoisotopic (exact) mass is 327 g/mol. The standard InChI is InChI=1S/C18H21N3O3/c1-14(17(22)21(19)12-15-8-4-2-5-9-15)20-18(23)24-13-16-10-6-3-7-11-16/h2-11,14H,12-13,19H2,1H3,(H,20,23). The van der Waals surface area contributed by atoms with E-state index in [1.807, 2.05) is 60.7 Å². The van der Waals surface area contributed by atoms with Gasteiger partial charge in [-0.25, -0.2) is 10.6 Å². The van der Waals surface area contributed by atoms with Crippen molar-refractivity contribution >= 4 is 12.0 Å². The number of nitrogens with zero attached hydrogens (tertiary/aromatic N) is 1. The van der Waals surface area contributed by atoms with Crippen LogP contribution in [0.25, 0.3) is 0 Å². The van der Waals surface area contributed by atoms with E-state index in [2.05, 4.69) is 5.32 Å². The van der Waals surface area contributed by atoms with Gasteiger partial charge in [0.05, 0.1) is 6.54 Å². The Labute approximate surface area is 141 Å². The number of hydrazine groups is 1. The molecule has 1 unspecified atom stereocenters. The summed E-state index contributed by atoms with van der Waals surface area (Å²) in [6.45, 7) is 1.98. The zero-order valence-electron chi connectivity index (χ0n) is 13.5. The molecule has 0 aliphatic rings. The van der Waals surface area contributed by atoms with E-state index >= 15 is 0 Å². The van der Waals surface area contributed by atoms with Crippen LogP contribution in [-0.2, 0) is 22.7 Å². The van der Waals surface area contributed by atoms with Crippen LogP contribution in [0.5, 0.6) is 0 Å². The van der Waals surface area contributed by atoms with Crippen LogP contribution in [0.1, 0.15) is 18.1 Å². The minimum absolute atomic E-state index is 0.143. The number of ether oxygens (including phenoxy) is 1. The van der Waals surface area contributed by atoms with Gasteiger partial charge >= 0.3 is 6.09 Å². The smallest absolute Gasteiger partial charge is 0.408 e. The molecule has 2 aromatic carbocycles. The summed E-state index contributed by atoms with van der Waals surface area (Å²) in [5.74, 6) is 5.39. The summed E-state index contributed by atoms with van der Waals surface area (Å²) < 4.78 is 5.09. The zero-order valence-corrected chi connectivity index (χ0v) is 13.5. The molecule has 0 heterocycles. The molecule has 0 radical (unpaired) electrons. The van der Waals surface area contributed by atoms with Gasteiger partial charge < -0.3 is 10.1 Å². The fourth-order valence-corrected chi connectivity index (χ4v) is 2.11. The predicted molar refractivity (Wildman–Crippen MR) is 90.4 cm³/mol. The van der Waals surface area contributed by atoms with E-state index < -0.39 is 18.0 Å². The van der Waals surface area contributed by atoms with Gasteiger partial charge in [0.1, 0.15) is 12.6 Å². The first-order valence-electron chi connectivity index (χ1n) is 7.63. The molecule has 126 valence electrons. The van der Waals surface area contributed by atoms with E-state index in [1.165, 1.54) is 0 Å². The van der Waals surface area contributed by atoms with Gasteiger partial charge in [0.25, 0.3) is 5.91 Å². The number of nitrogens with two attached hydrogens (primary N) is 1. The number of alkyl carbamates (subject to hydrolysis) is 1. The lowest BCUT2D eigenvalue weighted by Crippen LogP contribution is -2.49. The molecule has 6 nitrogen and oxygen atoms in total. The largest absolute Gasteiger partial charge is 0.445 e. The fraction of sp³-hybridized carbons (Fsp3) is 0.222. The molecule has 2 amide bonds. The molecule has 0 bridgehead atoms. The van der Waals surface area contributed by atoms with Gasteiger partial charge in [0, 0.05) is 0 Å². The fourth-order valence-electron chi connectivity index (χ4n) is 2.11. The Morgan fingerprint density at radius 1 is 1.04 bits per heavy atom. The van der Waals surface area contributed by atoms with E-state index in [4.69, 9.17) is 10.6 Å². The zero-order chi connectivity index (χ0) is 17.4. The van der Waals surface area contributed by atoms with E-state index in [0.29, 0.717) is 0 Å². The van der Waals surface area contributed by atoms with Crippen LogP contribution in [0.3, 0.4) is 0 Å². The highest BCUT2D eigenvalue weighted by atomic mass is 16.5. The van der Waals surface area contributed by atoms with E-state index in [9.17, 15) is 9.59 Å². The Bertz CT molecular complexity index is 662. The van der Waals surface area contributed by atoms with Crippen LogP contribution in [-0.4, -0.2) is 23.1 Å². The van der Waals surface area contributed by atoms with Gasteiger partial charge in [-0.05, 0) is 18.1 Å². The maximum atomic E-state index is 12.2. The Morgan fingerprint density at radius 3 is 2.17 bits per heavy atom. The molecule has 0 fully saturated rings. The SMILES string of the molecule is CC(NC(=O)OCc1ccccc1)C(=O)N(N)Cc1ccccc1. The Balaban J connectivity index is 1.78. The second-order valence-corrected chi connectivity index (χ2v) is 5.38. The van der Waals surface area contributed by atoms with Crippen LogP contribution in [0.15, 0.2) is 60.7 Å². The number of hydrogen-bond donors (Lipinski definition) is 2. The second-order valence-electron chi connectivity index (χ2n) is 5.38. The summed E-state index contributed by atoms with van der Waals surface area (Å²) >= 11 is 0. The van der Waals surface area contributed by atoms with Crippen molar-refractivity contribution in [3.8, 4) is 0 Å². The van der Waals surface area contributed by atoms with Crippen LogP contribution in [0.2, 0.25) is 0 Å². The van der Waals surface area contributed by atoms with Crippen molar-refractivity contribution in [1.82, 2.24) is 10.3 Å². The number of amides is 2. The molecule has 0 aliphatic carbocycles. The van der Waals surface area contributed by atoms with Crippen molar-refractivity contribution in [3.63, 3.8) is 0 Å². The molecular weight excluding hydrogens is 306 g/mol. The lowest BCUT2D eigenvalue weighted by Gasteiger charge is -2.21. The van der Waals surface area contributed by atoms with Gasteiger partial charge in [0.15, 0.2) is 0 Å². The number of rotatable bonds is 6. The Kier molecular flexibility index (Phi) is 6.33. The Morgan fingerprint density at radius 2 is 1.58 bits per heavy atom. The highest BCUT2D eigenvalue weighted by Gasteiger charge is 2.20. The average molecular weight is 327 g/mol. The van der Waals surface area contributed by atoms with Crippen molar-refractivity contribution < 1.29 is 14.3 Å². The van der Waals surface area contributed by atoms with Gasteiger partial charge in [-0.15, -0.1) is 0 Å². The minimum atomic E-state index is -0.776. The third-order valence-electron chi connectivity index (χ3n) is 3.40. The summed E-state index contributed by atoms with van der Waals surface area (Å²) in [5.41, 5.74) is 1.78. The van der Waals surface area contributed by atoms with Gasteiger partial charge in [0.2, 0.25) is 0 Å². The summed E-state index contributed by atoms with van der Waals surface area (Å²) in [6, 6.07) is 17.9. The minimum Gasteiger partial charge on any atom is -0.445 e. The first kappa shape index (κ1) is 17.5. The molecule has 24 heavy (non-hydrogen) atoms. The summed E-state index contributed by atoms with van der Waals surface area (Å²) in [4.78, 5) is 24.0. The Hall–Kier alpha value is -2.86. The quantitative estimate of drug-likeness (QED) is 0.484. The maximum absolute atomic E-state index is 12.2. The topological polar surface area (TPSA) is 84.7 Å². The number of hydrogen-bond acceptors (Lipinski definition) is 4. The summed E-state index contributed by atoms with van der Waals surface area (Å²) in [6.07, 6.45) is -0.659.